The van der Waals surface area contributed by atoms with Gasteiger partial charge in [-0.25, -0.2) is 0 Å². The molecule has 104 valence electrons. The number of aromatic nitrogens is 2. The van der Waals surface area contributed by atoms with E-state index < -0.39 is 0 Å². The number of benzene rings is 1. The molecule has 0 amide bonds. The topological polar surface area (TPSA) is 53.3 Å². The van der Waals surface area contributed by atoms with Crippen molar-refractivity contribution in [1.82, 2.24) is 9.78 Å². The van der Waals surface area contributed by atoms with E-state index in [0.29, 0.717) is 23.5 Å². The van der Waals surface area contributed by atoms with Gasteiger partial charge in [0.05, 0.1) is 25.3 Å². The summed E-state index contributed by atoms with van der Waals surface area (Å²) in [6.45, 7) is 1.97. The van der Waals surface area contributed by atoms with Crippen molar-refractivity contribution in [3.8, 4) is 11.5 Å². The summed E-state index contributed by atoms with van der Waals surface area (Å²) in [5.41, 5.74) is 2.56. The zero-order valence-electron chi connectivity index (χ0n) is 11.7. The van der Waals surface area contributed by atoms with E-state index in [1.165, 1.54) is 0 Å². The third-order valence-corrected chi connectivity index (χ3v) is 3.75. The van der Waals surface area contributed by atoms with Crippen molar-refractivity contribution in [2.24, 2.45) is 7.05 Å². The number of hydrogen-bond acceptors (Lipinski definition) is 4. The van der Waals surface area contributed by atoms with E-state index >= 15 is 0 Å². The second kappa shape index (κ2) is 4.67. The van der Waals surface area contributed by atoms with Gasteiger partial charge < -0.3 is 9.47 Å². The quantitative estimate of drug-likeness (QED) is 0.842. The van der Waals surface area contributed by atoms with Gasteiger partial charge in [0.2, 0.25) is 0 Å². The average molecular weight is 272 g/mol. The maximum absolute atomic E-state index is 12.3. The molecule has 1 aliphatic rings. The summed E-state index contributed by atoms with van der Waals surface area (Å²) in [6, 6.07) is 5.30. The fourth-order valence-electron chi connectivity index (χ4n) is 2.44. The van der Waals surface area contributed by atoms with Gasteiger partial charge in [0.25, 0.3) is 0 Å². The minimum Gasteiger partial charge on any atom is -0.497 e. The average Bonchev–Trinajstić information content (AvgIpc) is 2.78. The van der Waals surface area contributed by atoms with Gasteiger partial charge in [0.1, 0.15) is 17.6 Å². The molecule has 1 unspecified atom stereocenters. The van der Waals surface area contributed by atoms with Crippen LogP contribution >= 0.6 is 0 Å². The largest absolute Gasteiger partial charge is 0.497 e. The third kappa shape index (κ3) is 1.95. The number of rotatable bonds is 2. The lowest BCUT2D eigenvalue weighted by molar-refractivity contribution is 0.0848. The lowest BCUT2D eigenvalue weighted by atomic mass is 9.96. The molecule has 5 nitrogen and oxygen atoms in total. The molecule has 1 aromatic heterocycles. The fraction of sp³-hybridized carbons (Fsp3) is 0.333. The Balaban J connectivity index is 1.97. The lowest BCUT2D eigenvalue weighted by Crippen LogP contribution is -2.20. The van der Waals surface area contributed by atoms with E-state index in [-0.39, 0.29) is 11.9 Å². The van der Waals surface area contributed by atoms with Crippen LogP contribution in [0, 0.1) is 6.92 Å². The molecule has 0 saturated carbocycles. The summed E-state index contributed by atoms with van der Waals surface area (Å²) in [6.07, 6.45) is 1.83. The van der Waals surface area contributed by atoms with Gasteiger partial charge in [-0.2, -0.15) is 5.10 Å². The van der Waals surface area contributed by atoms with Gasteiger partial charge in [-0.05, 0) is 25.1 Å². The fourth-order valence-corrected chi connectivity index (χ4v) is 2.44. The standard InChI is InChI=1S/C15H16N2O3/c1-9-12(8-16-17(9)2)15-7-13(18)11-6-10(19-3)4-5-14(11)20-15/h4-6,8,15H,7H2,1-3H3. The predicted molar refractivity (Wildman–Crippen MR) is 73.3 cm³/mol. The number of hydrogen-bond donors (Lipinski definition) is 0. The van der Waals surface area contributed by atoms with Crippen LogP contribution < -0.4 is 9.47 Å². The summed E-state index contributed by atoms with van der Waals surface area (Å²) in [5.74, 6) is 1.34. The van der Waals surface area contributed by atoms with Crippen molar-refractivity contribution >= 4 is 5.78 Å². The summed E-state index contributed by atoms with van der Waals surface area (Å²) in [5, 5.41) is 4.21. The molecule has 0 fully saturated rings. The van der Waals surface area contributed by atoms with Crippen molar-refractivity contribution in [1.29, 1.82) is 0 Å². The molecule has 0 spiro atoms. The van der Waals surface area contributed by atoms with Gasteiger partial charge in [-0.15, -0.1) is 0 Å². The molecule has 0 saturated heterocycles. The number of ketones is 1. The molecule has 0 N–H and O–H groups in total. The highest BCUT2D eigenvalue weighted by atomic mass is 16.5. The first kappa shape index (κ1) is 12.7. The molecule has 20 heavy (non-hydrogen) atoms. The van der Waals surface area contributed by atoms with Gasteiger partial charge in [0.15, 0.2) is 5.78 Å². The molecule has 2 heterocycles. The smallest absolute Gasteiger partial charge is 0.170 e. The van der Waals surface area contributed by atoms with Crippen LogP contribution in [0.4, 0.5) is 0 Å². The summed E-state index contributed by atoms with van der Waals surface area (Å²) in [7, 11) is 3.46. The minimum atomic E-state index is -0.267. The van der Waals surface area contributed by atoms with Crippen LogP contribution in [-0.4, -0.2) is 22.7 Å². The monoisotopic (exact) mass is 272 g/mol. The van der Waals surface area contributed by atoms with Crippen molar-refractivity contribution in [2.75, 3.05) is 7.11 Å². The van der Waals surface area contributed by atoms with Crippen LogP contribution in [0.5, 0.6) is 11.5 Å². The summed E-state index contributed by atoms with van der Waals surface area (Å²) >= 11 is 0. The first-order valence-electron chi connectivity index (χ1n) is 6.46. The van der Waals surface area contributed by atoms with E-state index in [9.17, 15) is 4.79 Å². The number of carbonyl (C=O) groups is 1. The molecule has 5 heteroatoms. The maximum Gasteiger partial charge on any atom is 0.170 e. The Bertz CT molecular complexity index is 676. The normalized spacial score (nSPS) is 17.6. The molecule has 1 atom stereocenters. The number of nitrogens with zero attached hydrogens (tertiary/aromatic N) is 2. The second-order valence-electron chi connectivity index (χ2n) is 4.90. The van der Waals surface area contributed by atoms with E-state index in [2.05, 4.69) is 5.10 Å². The highest BCUT2D eigenvalue weighted by Crippen LogP contribution is 2.37. The van der Waals surface area contributed by atoms with Crippen LogP contribution in [0.2, 0.25) is 0 Å². The van der Waals surface area contributed by atoms with E-state index in [0.717, 1.165) is 11.3 Å². The van der Waals surface area contributed by atoms with Crippen LogP contribution in [0.15, 0.2) is 24.4 Å². The minimum absolute atomic E-state index is 0.0680. The molecule has 0 radical (unpaired) electrons. The van der Waals surface area contributed by atoms with Gasteiger partial charge >= 0.3 is 0 Å². The van der Waals surface area contributed by atoms with Crippen molar-refractivity contribution in [3.63, 3.8) is 0 Å². The SMILES string of the molecule is COc1ccc2c(c1)C(=O)CC(c1cnn(C)c1C)O2. The van der Waals surface area contributed by atoms with Crippen LogP contribution in [0.1, 0.15) is 34.1 Å². The predicted octanol–water partition coefficient (Wildman–Crippen LogP) is 2.44. The number of fused-ring (bicyclic) bond motifs is 1. The highest BCUT2D eigenvalue weighted by Gasteiger charge is 2.30. The van der Waals surface area contributed by atoms with E-state index in [1.54, 1.807) is 36.2 Å². The molecule has 2 aromatic rings. The van der Waals surface area contributed by atoms with Gasteiger partial charge in [0, 0.05) is 18.3 Å². The zero-order chi connectivity index (χ0) is 14.3. The third-order valence-electron chi connectivity index (χ3n) is 3.75. The number of ether oxygens (including phenoxy) is 2. The molecule has 1 aliphatic heterocycles. The molecule has 3 rings (SSSR count). The van der Waals surface area contributed by atoms with Crippen molar-refractivity contribution in [2.45, 2.75) is 19.4 Å². The summed E-state index contributed by atoms with van der Waals surface area (Å²) in [4.78, 5) is 12.3. The molecular weight excluding hydrogens is 256 g/mol. The maximum atomic E-state index is 12.3. The Morgan fingerprint density at radius 3 is 2.90 bits per heavy atom. The first-order chi connectivity index (χ1) is 9.60. The second-order valence-corrected chi connectivity index (χ2v) is 4.90. The Kier molecular flexibility index (Phi) is 2.97. The van der Waals surface area contributed by atoms with E-state index in [1.807, 2.05) is 14.0 Å². The zero-order valence-corrected chi connectivity index (χ0v) is 11.7. The summed E-state index contributed by atoms with van der Waals surface area (Å²) < 4.78 is 12.9. The molecule has 1 aromatic carbocycles. The number of aryl methyl sites for hydroxylation is 1. The molecule has 0 bridgehead atoms. The Labute approximate surface area is 117 Å². The molecular formula is C15H16N2O3. The van der Waals surface area contributed by atoms with E-state index in [4.69, 9.17) is 9.47 Å². The van der Waals surface area contributed by atoms with Crippen molar-refractivity contribution < 1.29 is 14.3 Å². The van der Waals surface area contributed by atoms with Gasteiger partial charge in [-0.1, -0.05) is 0 Å². The van der Waals surface area contributed by atoms with Crippen LogP contribution in [0.3, 0.4) is 0 Å². The number of methoxy groups -OCH3 is 1. The van der Waals surface area contributed by atoms with Crippen LogP contribution in [-0.2, 0) is 7.05 Å². The molecule has 0 aliphatic carbocycles. The number of Topliss-reactive ketones (excluding diaryl/α,β-unsaturated/α-hetero) is 1. The Hall–Kier alpha value is -2.30. The first-order valence-corrected chi connectivity index (χ1v) is 6.46. The highest BCUT2D eigenvalue weighted by molar-refractivity contribution is 6.00. The Morgan fingerprint density at radius 1 is 1.45 bits per heavy atom. The van der Waals surface area contributed by atoms with Crippen LogP contribution in [0.25, 0.3) is 0 Å². The Morgan fingerprint density at radius 2 is 2.25 bits per heavy atom. The van der Waals surface area contributed by atoms with Gasteiger partial charge in [-0.3, -0.25) is 9.48 Å². The number of carbonyl (C=O) groups excluding carboxylic acids is 1. The lowest BCUT2D eigenvalue weighted by Gasteiger charge is -2.25. The van der Waals surface area contributed by atoms with Crippen molar-refractivity contribution in [3.05, 3.63) is 41.2 Å².